The maximum Gasteiger partial charge on any atom is 0.253 e. The highest BCUT2D eigenvalue weighted by Crippen LogP contribution is 2.30. The van der Waals surface area contributed by atoms with Crippen molar-refractivity contribution in [3.05, 3.63) is 99.1 Å². The third-order valence-corrected chi connectivity index (χ3v) is 5.32. The second kappa shape index (κ2) is 9.11. The van der Waals surface area contributed by atoms with E-state index in [2.05, 4.69) is 15.3 Å². The molecule has 0 saturated heterocycles. The summed E-state index contributed by atoms with van der Waals surface area (Å²) in [5.74, 6) is -0.0526. The minimum atomic E-state index is -0.513. The number of primary amides is 1. The van der Waals surface area contributed by atoms with E-state index in [1.54, 1.807) is 48.7 Å². The number of carbonyl (C=O) groups is 1. The minimum Gasteiger partial charge on any atom is -0.486 e. The summed E-state index contributed by atoms with van der Waals surface area (Å²) < 4.78 is 5.79. The standard InChI is InChI=1S/C24H21ClN4O3/c1-14(28-17-7-4-5-15(9-17)23(26)30)19-10-16-11-20(25)22(12-21(16)29-24(19)31)32-13-18-6-2-3-8-27-18/h2-12,14,28H,13H2,1H3,(H2,26,30)(H,29,31). The lowest BCUT2D eigenvalue weighted by atomic mass is 10.1. The number of amides is 1. The number of aromatic amines is 1. The molecule has 0 aliphatic heterocycles. The molecule has 1 amide bonds. The van der Waals surface area contributed by atoms with Crippen LogP contribution in [0.4, 0.5) is 5.69 Å². The van der Waals surface area contributed by atoms with Crippen LogP contribution in [-0.4, -0.2) is 15.9 Å². The monoisotopic (exact) mass is 448 g/mol. The van der Waals surface area contributed by atoms with Gasteiger partial charge in [-0.2, -0.15) is 0 Å². The molecule has 0 saturated carbocycles. The molecule has 0 spiro atoms. The minimum absolute atomic E-state index is 0.235. The molecule has 2 heterocycles. The van der Waals surface area contributed by atoms with Crippen molar-refractivity contribution in [3.8, 4) is 5.75 Å². The molecule has 4 N–H and O–H groups in total. The van der Waals surface area contributed by atoms with Crippen molar-refractivity contribution < 1.29 is 9.53 Å². The maximum atomic E-state index is 12.8. The van der Waals surface area contributed by atoms with Crippen LogP contribution in [0.2, 0.25) is 5.02 Å². The number of hydrogen-bond acceptors (Lipinski definition) is 5. The Bertz CT molecular complexity index is 1340. The molecule has 0 aliphatic carbocycles. The van der Waals surface area contributed by atoms with E-state index in [0.29, 0.717) is 33.1 Å². The predicted octanol–water partition coefficient (Wildman–Crippen LogP) is 4.43. The lowest BCUT2D eigenvalue weighted by Crippen LogP contribution is -2.19. The summed E-state index contributed by atoms with van der Waals surface area (Å²) in [6.07, 6.45) is 1.69. The van der Waals surface area contributed by atoms with Gasteiger partial charge < -0.3 is 20.8 Å². The number of rotatable bonds is 7. The van der Waals surface area contributed by atoms with E-state index < -0.39 is 5.91 Å². The fourth-order valence-electron chi connectivity index (χ4n) is 3.38. The quantitative estimate of drug-likeness (QED) is 0.387. The average molecular weight is 449 g/mol. The molecule has 32 heavy (non-hydrogen) atoms. The topological polar surface area (TPSA) is 110 Å². The summed E-state index contributed by atoms with van der Waals surface area (Å²) in [5.41, 5.74) is 8.09. The highest BCUT2D eigenvalue weighted by Gasteiger charge is 2.14. The van der Waals surface area contributed by atoms with Gasteiger partial charge in [0.25, 0.3) is 5.56 Å². The van der Waals surface area contributed by atoms with Gasteiger partial charge in [-0.15, -0.1) is 0 Å². The fourth-order valence-corrected chi connectivity index (χ4v) is 3.61. The van der Waals surface area contributed by atoms with E-state index in [4.69, 9.17) is 22.1 Å². The van der Waals surface area contributed by atoms with Gasteiger partial charge in [0.05, 0.1) is 22.3 Å². The Morgan fingerprint density at radius 1 is 1.19 bits per heavy atom. The van der Waals surface area contributed by atoms with Crippen molar-refractivity contribution in [2.45, 2.75) is 19.6 Å². The number of carbonyl (C=O) groups excluding carboxylic acids is 1. The SMILES string of the molecule is CC(Nc1cccc(C(N)=O)c1)c1cc2cc(Cl)c(OCc3ccccn3)cc2[nH]c1=O. The number of nitrogens with one attached hydrogen (secondary N) is 2. The van der Waals surface area contributed by atoms with Crippen LogP contribution in [0.3, 0.4) is 0 Å². The molecule has 1 atom stereocenters. The Balaban J connectivity index is 1.58. The molecule has 2 aromatic carbocycles. The number of hydrogen-bond donors (Lipinski definition) is 3. The highest BCUT2D eigenvalue weighted by atomic mass is 35.5. The third kappa shape index (κ3) is 4.73. The number of ether oxygens (including phenoxy) is 1. The van der Waals surface area contributed by atoms with Crippen LogP contribution in [-0.2, 0) is 6.61 Å². The zero-order valence-electron chi connectivity index (χ0n) is 17.3. The molecule has 0 bridgehead atoms. The molecule has 1 unspecified atom stereocenters. The van der Waals surface area contributed by atoms with E-state index in [0.717, 1.165) is 11.1 Å². The van der Waals surface area contributed by atoms with E-state index in [1.807, 2.05) is 25.1 Å². The van der Waals surface area contributed by atoms with Crippen LogP contribution in [0.15, 0.2) is 71.7 Å². The molecule has 8 heteroatoms. The predicted molar refractivity (Wildman–Crippen MR) is 125 cm³/mol. The first-order valence-corrected chi connectivity index (χ1v) is 10.3. The van der Waals surface area contributed by atoms with E-state index in [-0.39, 0.29) is 18.2 Å². The molecule has 0 radical (unpaired) electrons. The first-order chi connectivity index (χ1) is 15.4. The molecular formula is C24H21ClN4O3. The van der Waals surface area contributed by atoms with E-state index in [9.17, 15) is 9.59 Å². The van der Waals surface area contributed by atoms with Crippen molar-refractivity contribution >= 4 is 34.1 Å². The number of aromatic nitrogens is 2. The summed E-state index contributed by atoms with van der Waals surface area (Å²) in [6.45, 7) is 2.12. The van der Waals surface area contributed by atoms with Crippen LogP contribution < -0.4 is 21.3 Å². The lowest BCUT2D eigenvalue weighted by molar-refractivity contribution is 0.100. The summed E-state index contributed by atoms with van der Waals surface area (Å²) in [7, 11) is 0. The molecule has 4 aromatic rings. The molecule has 2 aromatic heterocycles. The second-order valence-electron chi connectivity index (χ2n) is 7.34. The summed E-state index contributed by atoms with van der Waals surface area (Å²) in [4.78, 5) is 31.3. The Labute approximate surface area is 189 Å². The number of nitrogens with two attached hydrogens (primary N) is 1. The van der Waals surface area contributed by atoms with Gasteiger partial charge in [-0.1, -0.05) is 23.7 Å². The van der Waals surface area contributed by atoms with Crippen LogP contribution in [0.5, 0.6) is 5.75 Å². The largest absolute Gasteiger partial charge is 0.486 e. The Morgan fingerprint density at radius 2 is 2.03 bits per heavy atom. The number of H-pyrrole nitrogens is 1. The van der Waals surface area contributed by atoms with E-state index >= 15 is 0 Å². The summed E-state index contributed by atoms with van der Waals surface area (Å²) >= 11 is 6.42. The first kappa shape index (κ1) is 21.4. The van der Waals surface area contributed by atoms with Gasteiger partial charge in [0.15, 0.2) is 0 Å². The Hall–Kier alpha value is -3.84. The van der Waals surface area contributed by atoms with Gasteiger partial charge in [0, 0.05) is 34.5 Å². The average Bonchev–Trinajstić information content (AvgIpc) is 2.78. The van der Waals surface area contributed by atoms with Gasteiger partial charge in [-0.3, -0.25) is 14.6 Å². The molecule has 4 rings (SSSR count). The maximum absolute atomic E-state index is 12.8. The number of fused-ring (bicyclic) bond motifs is 1. The van der Waals surface area contributed by atoms with Gasteiger partial charge in [0.2, 0.25) is 5.91 Å². The number of pyridine rings is 2. The van der Waals surface area contributed by atoms with Crippen LogP contribution in [0.25, 0.3) is 10.9 Å². The van der Waals surface area contributed by atoms with Gasteiger partial charge in [-0.25, -0.2) is 0 Å². The van der Waals surface area contributed by atoms with Crippen molar-refractivity contribution in [1.82, 2.24) is 9.97 Å². The molecule has 7 nitrogen and oxygen atoms in total. The summed E-state index contributed by atoms with van der Waals surface area (Å²) in [6, 6.07) is 17.3. The normalized spacial score (nSPS) is 11.8. The van der Waals surface area contributed by atoms with Gasteiger partial charge >= 0.3 is 0 Å². The van der Waals surface area contributed by atoms with Gasteiger partial charge in [0.1, 0.15) is 12.4 Å². The van der Waals surface area contributed by atoms with Crippen molar-refractivity contribution in [3.63, 3.8) is 0 Å². The Morgan fingerprint density at radius 3 is 2.78 bits per heavy atom. The van der Waals surface area contributed by atoms with Crippen molar-refractivity contribution in [1.29, 1.82) is 0 Å². The van der Waals surface area contributed by atoms with Crippen LogP contribution in [0.1, 0.15) is 34.6 Å². The molecular weight excluding hydrogens is 428 g/mol. The van der Waals surface area contributed by atoms with Crippen LogP contribution >= 0.6 is 11.6 Å². The summed E-state index contributed by atoms with van der Waals surface area (Å²) in [5, 5.41) is 4.44. The molecule has 0 aliphatic rings. The first-order valence-electron chi connectivity index (χ1n) is 9.96. The smallest absolute Gasteiger partial charge is 0.253 e. The number of benzene rings is 2. The number of halogens is 1. The third-order valence-electron chi connectivity index (χ3n) is 5.02. The van der Waals surface area contributed by atoms with Crippen molar-refractivity contribution in [2.75, 3.05) is 5.32 Å². The molecule has 0 fully saturated rings. The van der Waals surface area contributed by atoms with E-state index in [1.165, 1.54) is 0 Å². The Kier molecular flexibility index (Phi) is 6.09. The van der Waals surface area contributed by atoms with Crippen LogP contribution in [0, 0.1) is 0 Å². The molecule has 162 valence electrons. The fraction of sp³-hybridized carbons (Fsp3) is 0.125. The number of nitrogens with zero attached hydrogens (tertiary/aromatic N) is 1. The zero-order chi connectivity index (χ0) is 22.7. The number of anilines is 1. The lowest BCUT2D eigenvalue weighted by Gasteiger charge is -2.16. The second-order valence-corrected chi connectivity index (χ2v) is 7.75. The van der Waals surface area contributed by atoms with Gasteiger partial charge in [-0.05, 0) is 49.4 Å². The highest BCUT2D eigenvalue weighted by molar-refractivity contribution is 6.32. The van der Waals surface area contributed by atoms with Crippen molar-refractivity contribution in [2.24, 2.45) is 5.73 Å². The zero-order valence-corrected chi connectivity index (χ0v) is 18.0.